The van der Waals surface area contributed by atoms with Crippen LogP contribution in [0.3, 0.4) is 0 Å². The van der Waals surface area contributed by atoms with Crippen LogP contribution in [0.2, 0.25) is 10.0 Å². The molecule has 4 N–H and O–H groups in total. The van der Waals surface area contributed by atoms with E-state index < -0.39 is 6.10 Å². The summed E-state index contributed by atoms with van der Waals surface area (Å²) in [7, 11) is 0. The van der Waals surface area contributed by atoms with Gasteiger partial charge in [-0.05, 0) is 19.1 Å². The molecule has 0 amide bonds. The van der Waals surface area contributed by atoms with Crippen LogP contribution in [0.5, 0.6) is 0 Å². The lowest BCUT2D eigenvalue weighted by atomic mass is 10.2. The second-order valence-corrected chi connectivity index (χ2v) is 3.90. The van der Waals surface area contributed by atoms with Crippen LogP contribution in [0.4, 0.5) is 11.4 Å². The number of halogens is 2. The molecule has 0 heterocycles. The van der Waals surface area contributed by atoms with Crippen molar-refractivity contribution < 1.29 is 5.11 Å². The predicted molar refractivity (Wildman–Crippen MR) is 61.0 cm³/mol. The molecule has 14 heavy (non-hydrogen) atoms. The average Bonchev–Trinajstić information content (AvgIpc) is 2.01. The second-order valence-electron chi connectivity index (χ2n) is 3.09. The fraction of sp³-hybridized carbons (Fsp3) is 0.333. The lowest BCUT2D eigenvalue weighted by Gasteiger charge is -2.12. The van der Waals surface area contributed by atoms with E-state index in [1.54, 1.807) is 19.1 Å². The molecule has 0 aliphatic heterocycles. The van der Waals surface area contributed by atoms with Gasteiger partial charge in [0.25, 0.3) is 0 Å². The maximum absolute atomic E-state index is 9.08. The summed E-state index contributed by atoms with van der Waals surface area (Å²) in [5, 5.41) is 12.9. The molecular formula is C9H12Cl2N2O. The first-order chi connectivity index (χ1) is 6.50. The van der Waals surface area contributed by atoms with Gasteiger partial charge in [0.15, 0.2) is 0 Å². The van der Waals surface area contributed by atoms with E-state index in [4.69, 9.17) is 34.0 Å². The highest BCUT2D eigenvalue weighted by Gasteiger charge is 2.07. The summed E-state index contributed by atoms with van der Waals surface area (Å²) in [6.45, 7) is 2.06. The molecule has 0 radical (unpaired) electrons. The van der Waals surface area contributed by atoms with Gasteiger partial charge >= 0.3 is 0 Å². The van der Waals surface area contributed by atoms with Crippen LogP contribution < -0.4 is 11.1 Å². The summed E-state index contributed by atoms with van der Waals surface area (Å²) >= 11 is 11.8. The van der Waals surface area contributed by atoms with E-state index in [-0.39, 0.29) is 0 Å². The highest BCUT2D eigenvalue weighted by Crippen LogP contribution is 2.32. The Kier molecular flexibility index (Phi) is 3.86. The highest BCUT2D eigenvalue weighted by molar-refractivity contribution is 6.39. The van der Waals surface area contributed by atoms with Gasteiger partial charge in [0.2, 0.25) is 0 Å². The van der Waals surface area contributed by atoms with Gasteiger partial charge in [-0.2, -0.15) is 0 Å². The minimum Gasteiger partial charge on any atom is -0.399 e. The first-order valence-electron chi connectivity index (χ1n) is 4.17. The van der Waals surface area contributed by atoms with Gasteiger partial charge in [0.05, 0.1) is 21.8 Å². The molecule has 0 aromatic heterocycles. The molecule has 3 nitrogen and oxygen atoms in total. The Balaban J connectivity index is 2.86. The highest BCUT2D eigenvalue weighted by atomic mass is 35.5. The van der Waals surface area contributed by atoms with Crippen LogP contribution >= 0.6 is 23.2 Å². The summed E-state index contributed by atoms with van der Waals surface area (Å²) in [5.74, 6) is 0. The molecule has 1 rings (SSSR count). The summed E-state index contributed by atoms with van der Waals surface area (Å²) in [4.78, 5) is 0. The maximum atomic E-state index is 9.08. The predicted octanol–water partition coefficient (Wildman–Crippen LogP) is 2.37. The van der Waals surface area contributed by atoms with Crippen molar-refractivity contribution in [2.75, 3.05) is 17.6 Å². The molecular weight excluding hydrogens is 223 g/mol. The number of hydrogen-bond acceptors (Lipinski definition) is 3. The minimum absolute atomic E-state index is 0.392. The number of aliphatic hydroxyl groups is 1. The van der Waals surface area contributed by atoms with Gasteiger partial charge in [-0.25, -0.2) is 0 Å². The van der Waals surface area contributed by atoms with Gasteiger partial charge in [0, 0.05) is 12.2 Å². The molecule has 78 valence electrons. The van der Waals surface area contributed by atoms with Crippen molar-refractivity contribution in [3.63, 3.8) is 0 Å². The number of hydrogen-bond donors (Lipinski definition) is 3. The van der Waals surface area contributed by atoms with Crippen LogP contribution in [-0.4, -0.2) is 17.8 Å². The molecule has 0 aliphatic carbocycles. The normalized spacial score (nSPS) is 12.6. The number of anilines is 2. The molecule has 1 unspecified atom stereocenters. The van der Waals surface area contributed by atoms with E-state index in [1.165, 1.54) is 0 Å². The summed E-state index contributed by atoms with van der Waals surface area (Å²) in [6, 6.07) is 3.22. The SMILES string of the molecule is CC(O)CNc1c(Cl)cc(N)cc1Cl. The van der Waals surface area contributed by atoms with E-state index in [0.29, 0.717) is 28.0 Å². The molecule has 1 aromatic carbocycles. The van der Waals surface area contributed by atoms with Gasteiger partial charge in [-0.15, -0.1) is 0 Å². The van der Waals surface area contributed by atoms with E-state index in [9.17, 15) is 0 Å². The zero-order valence-electron chi connectivity index (χ0n) is 7.72. The molecule has 0 fully saturated rings. The fourth-order valence-electron chi connectivity index (χ4n) is 1.01. The monoisotopic (exact) mass is 234 g/mol. The third-order valence-electron chi connectivity index (χ3n) is 1.64. The Labute approximate surface area is 92.8 Å². The van der Waals surface area contributed by atoms with Gasteiger partial charge in [0.1, 0.15) is 0 Å². The molecule has 0 bridgehead atoms. The first kappa shape index (κ1) is 11.4. The zero-order valence-corrected chi connectivity index (χ0v) is 9.23. The van der Waals surface area contributed by atoms with Crippen molar-refractivity contribution in [2.24, 2.45) is 0 Å². The lowest BCUT2D eigenvalue weighted by molar-refractivity contribution is 0.208. The summed E-state index contributed by atoms with van der Waals surface area (Å²) < 4.78 is 0. The van der Waals surface area contributed by atoms with E-state index >= 15 is 0 Å². The molecule has 0 saturated heterocycles. The third-order valence-corrected chi connectivity index (χ3v) is 2.23. The lowest BCUT2D eigenvalue weighted by Crippen LogP contribution is -2.15. The topological polar surface area (TPSA) is 58.3 Å². The zero-order chi connectivity index (χ0) is 10.7. The van der Waals surface area contributed by atoms with E-state index in [2.05, 4.69) is 5.32 Å². The molecule has 0 saturated carbocycles. The van der Waals surface area contributed by atoms with Gasteiger partial charge in [-0.3, -0.25) is 0 Å². The van der Waals surface area contributed by atoms with Crippen LogP contribution in [0.1, 0.15) is 6.92 Å². The number of rotatable bonds is 3. The minimum atomic E-state index is -0.459. The standard InChI is InChI=1S/C9H12Cl2N2O/c1-5(14)4-13-9-7(10)2-6(12)3-8(9)11/h2-3,5,13-14H,4,12H2,1H3. The number of nitrogen functional groups attached to an aromatic ring is 1. The van der Waals surface area contributed by atoms with Crippen molar-refractivity contribution >= 4 is 34.6 Å². The Morgan fingerprint density at radius 2 is 1.93 bits per heavy atom. The largest absolute Gasteiger partial charge is 0.399 e. The Hall–Kier alpha value is -0.640. The smallest absolute Gasteiger partial charge is 0.0721 e. The second kappa shape index (κ2) is 4.73. The van der Waals surface area contributed by atoms with Crippen molar-refractivity contribution in [1.29, 1.82) is 0 Å². The fourth-order valence-corrected chi connectivity index (χ4v) is 1.65. The molecule has 5 heteroatoms. The Bertz CT molecular complexity index is 306. The Morgan fingerprint density at radius 1 is 1.43 bits per heavy atom. The number of nitrogens with two attached hydrogens (primary N) is 1. The van der Waals surface area contributed by atoms with Crippen molar-refractivity contribution in [1.82, 2.24) is 0 Å². The molecule has 0 aliphatic rings. The summed E-state index contributed by atoms with van der Waals surface area (Å²) in [6.07, 6.45) is -0.459. The van der Waals surface area contributed by atoms with E-state index in [1.807, 2.05) is 0 Å². The Morgan fingerprint density at radius 3 is 2.36 bits per heavy atom. The van der Waals surface area contributed by atoms with Crippen LogP contribution in [0, 0.1) is 0 Å². The average molecular weight is 235 g/mol. The van der Waals surface area contributed by atoms with Crippen molar-refractivity contribution in [2.45, 2.75) is 13.0 Å². The number of aliphatic hydroxyl groups excluding tert-OH is 1. The first-order valence-corrected chi connectivity index (χ1v) is 4.92. The number of benzene rings is 1. The van der Waals surface area contributed by atoms with Crippen molar-refractivity contribution in [3.05, 3.63) is 22.2 Å². The van der Waals surface area contributed by atoms with Crippen LogP contribution in [0.15, 0.2) is 12.1 Å². The maximum Gasteiger partial charge on any atom is 0.0721 e. The van der Waals surface area contributed by atoms with E-state index in [0.717, 1.165) is 0 Å². The molecule has 1 aromatic rings. The summed E-state index contributed by atoms with van der Waals surface area (Å²) in [5.41, 5.74) is 6.65. The van der Waals surface area contributed by atoms with Crippen LogP contribution in [0.25, 0.3) is 0 Å². The van der Waals surface area contributed by atoms with Crippen LogP contribution in [-0.2, 0) is 0 Å². The molecule has 1 atom stereocenters. The van der Waals surface area contributed by atoms with Gasteiger partial charge in [-0.1, -0.05) is 23.2 Å². The quantitative estimate of drug-likeness (QED) is 0.705. The number of nitrogens with one attached hydrogen (secondary N) is 1. The van der Waals surface area contributed by atoms with Crippen molar-refractivity contribution in [3.8, 4) is 0 Å². The third kappa shape index (κ3) is 2.94. The van der Waals surface area contributed by atoms with Gasteiger partial charge < -0.3 is 16.2 Å². The molecule has 0 spiro atoms.